The minimum absolute atomic E-state index is 0.0388. The third-order valence-electron chi connectivity index (χ3n) is 3.61. The summed E-state index contributed by atoms with van der Waals surface area (Å²) in [7, 11) is 1.45. The molecule has 0 spiro atoms. The molecule has 0 bridgehead atoms. The molecule has 1 N–H and O–H groups in total. The highest BCUT2D eigenvalue weighted by molar-refractivity contribution is 5.91. The molecule has 0 aliphatic carbocycles. The standard InChI is InChI=1S/C19H19FN4O3/c1-3-27-19-22-18(13-7-9-14(20)10-8-13)24(23-19)16-6-4-5-15(11-16)21-17(25)12-26-2/h4-11H,3,12H2,1-2H3,(H,21,25). The van der Waals surface area contributed by atoms with Gasteiger partial charge >= 0.3 is 6.01 Å². The van der Waals surface area contributed by atoms with E-state index in [4.69, 9.17) is 9.47 Å². The highest BCUT2D eigenvalue weighted by atomic mass is 19.1. The molecule has 1 aromatic heterocycles. The zero-order valence-corrected chi connectivity index (χ0v) is 15.0. The molecule has 0 saturated heterocycles. The third-order valence-corrected chi connectivity index (χ3v) is 3.61. The van der Waals surface area contributed by atoms with Gasteiger partial charge in [0.25, 0.3) is 0 Å². The van der Waals surface area contributed by atoms with Crippen LogP contribution < -0.4 is 10.1 Å². The summed E-state index contributed by atoms with van der Waals surface area (Å²) in [6.45, 7) is 2.22. The Morgan fingerprint density at radius 3 is 2.70 bits per heavy atom. The molecule has 0 saturated carbocycles. The normalized spacial score (nSPS) is 10.6. The Bertz CT molecular complexity index is 925. The van der Waals surface area contributed by atoms with Gasteiger partial charge in [0, 0.05) is 18.4 Å². The minimum atomic E-state index is -0.335. The van der Waals surface area contributed by atoms with Crippen LogP contribution in [0.4, 0.5) is 10.1 Å². The van der Waals surface area contributed by atoms with Gasteiger partial charge in [0.05, 0.1) is 12.3 Å². The third kappa shape index (κ3) is 4.48. The molecule has 0 aliphatic rings. The largest absolute Gasteiger partial charge is 0.463 e. The van der Waals surface area contributed by atoms with Crippen molar-refractivity contribution < 1.29 is 18.7 Å². The van der Waals surface area contributed by atoms with Gasteiger partial charge in [0.2, 0.25) is 5.91 Å². The lowest BCUT2D eigenvalue weighted by atomic mass is 10.2. The molecule has 27 heavy (non-hydrogen) atoms. The van der Waals surface area contributed by atoms with Crippen LogP contribution in [0.5, 0.6) is 6.01 Å². The van der Waals surface area contributed by atoms with Crippen molar-refractivity contribution >= 4 is 11.6 Å². The van der Waals surface area contributed by atoms with Gasteiger partial charge in [-0.25, -0.2) is 9.07 Å². The number of benzene rings is 2. The van der Waals surface area contributed by atoms with E-state index in [1.165, 1.54) is 19.2 Å². The number of anilines is 1. The van der Waals surface area contributed by atoms with E-state index in [1.807, 2.05) is 13.0 Å². The number of amides is 1. The lowest BCUT2D eigenvalue weighted by Crippen LogP contribution is -2.17. The molecule has 8 heteroatoms. The molecule has 0 fully saturated rings. The number of halogens is 1. The predicted molar refractivity (Wildman–Crippen MR) is 98.4 cm³/mol. The zero-order chi connectivity index (χ0) is 19.2. The number of hydrogen-bond donors (Lipinski definition) is 1. The first kappa shape index (κ1) is 18.5. The molecule has 7 nitrogen and oxygen atoms in total. The number of ether oxygens (including phenoxy) is 2. The van der Waals surface area contributed by atoms with Crippen molar-refractivity contribution in [3.63, 3.8) is 0 Å². The lowest BCUT2D eigenvalue weighted by Gasteiger charge is -2.09. The second-order valence-corrected chi connectivity index (χ2v) is 5.60. The monoisotopic (exact) mass is 370 g/mol. The van der Waals surface area contributed by atoms with Crippen LogP contribution in [0.3, 0.4) is 0 Å². The van der Waals surface area contributed by atoms with Gasteiger partial charge in [-0.05, 0) is 49.4 Å². The van der Waals surface area contributed by atoms with E-state index in [9.17, 15) is 9.18 Å². The maximum absolute atomic E-state index is 13.3. The molecule has 2 aromatic carbocycles. The van der Waals surface area contributed by atoms with E-state index in [2.05, 4.69) is 15.4 Å². The first-order valence-corrected chi connectivity index (χ1v) is 8.35. The molecule has 1 amide bonds. The Kier molecular flexibility index (Phi) is 5.77. The van der Waals surface area contributed by atoms with Gasteiger partial charge in [0.1, 0.15) is 12.4 Å². The quantitative estimate of drug-likeness (QED) is 0.692. The smallest absolute Gasteiger partial charge is 0.336 e. The van der Waals surface area contributed by atoms with Crippen molar-refractivity contribution in [2.75, 3.05) is 25.6 Å². The van der Waals surface area contributed by atoms with Crippen LogP contribution in [0.15, 0.2) is 48.5 Å². The Labute approximate surface area is 155 Å². The number of rotatable bonds is 7. The first-order valence-electron chi connectivity index (χ1n) is 8.35. The molecule has 0 aliphatic heterocycles. The molecular formula is C19H19FN4O3. The van der Waals surface area contributed by atoms with Gasteiger partial charge < -0.3 is 14.8 Å². The average molecular weight is 370 g/mol. The van der Waals surface area contributed by atoms with Gasteiger partial charge in [-0.2, -0.15) is 4.98 Å². The highest BCUT2D eigenvalue weighted by Gasteiger charge is 2.15. The van der Waals surface area contributed by atoms with Crippen molar-refractivity contribution in [1.82, 2.24) is 14.8 Å². The lowest BCUT2D eigenvalue weighted by molar-refractivity contribution is -0.119. The van der Waals surface area contributed by atoms with Crippen LogP contribution >= 0.6 is 0 Å². The van der Waals surface area contributed by atoms with Crippen LogP contribution in [0.25, 0.3) is 17.1 Å². The number of methoxy groups -OCH3 is 1. The summed E-state index contributed by atoms with van der Waals surface area (Å²) >= 11 is 0. The summed E-state index contributed by atoms with van der Waals surface area (Å²) in [5, 5.41) is 7.12. The molecule has 0 unspecified atom stereocenters. The van der Waals surface area contributed by atoms with Crippen molar-refractivity contribution in [2.24, 2.45) is 0 Å². The minimum Gasteiger partial charge on any atom is -0.463 e. The molecule has 140 valence electrons. The SMILES string of the molecule is CCOc1nc(-c2ccc(F)cc2)n(-c2cccc(NC(=O)COC)c2)n1. The van der Waals surface area contributed by atoms with Crippen molar-refractivity contribution in [3.05, 3.63) is 54.3 Å². The second kappa shape index (κ2) is 8.41. The van der Waals surface area contributed by atoms with E-state index >= 15 is 0 Å². The average Bonchev–Trinajstić information content (AvgIpc) is 3.07. The van der Waals surface area contributed by atoms with Crippen molar-refractivity contribution in [1.29, 1.82) is 0 Å². The molecule has 1 heterocycles. The maximum atomic E-state index is 13.3. The highest BCUT2D eigenvalue weighted by Crippen LogP contribution is 2.25. The van der Waals surface area contributed by atoms with Gasteiger partial charge in [-0.1, -0.05) is 6.07 Å². The van der Waals surface area contributed by atoms with Crippen molar-refractivity contribution in [2.45, 2.75) is 6.92 Å². The maximum Gasteiger partial charge on any atom is 0.336 e. The van der Waals surface area contributed by atoms with Gasteiger partial charge in [0.15, 0.2) is 5.82 Å². The van der Waals surface area contributed by atoms with Crippen LogP contribution in [-0.4, -0.2) is 41.0 Å². The zero-order valence-electron chi connectivity index (χ0n) is 15.0. The number of aromatic nitrogens is 3. The number of hydrogen-bond acceptors (Lipinski definition) is 5. The topological polar surface area (TPSA) is 78.3 Å². The number of nitrogens with one attached hydrogen (secondary N) is 1. The Morgan fingerprint density at radius 2 is 2.00 bits per heavy atom. The summed E-state index contributed by atoms with van der Waals surface area (Å²) in [5.41, 5.74) is 1.94. The summed E-state index contributed by atoms with van der Waals surface area (Å²) in [6, 6.07) is 13.3. The molecule has 0 radical (unpaired) electrons. The van der Waals surface area contributed by atoms with Gasteiger partial charge in [-0.3, -0.25) is 4.79 Å². The van der Waals surface area contributed by atoms with E-state index in [-0.39, 0.29) is 24.3 Å². The molecular weight excluding hydrogens is 351 g/mol. The van der Waals surface area contributed by atoms with E-state index in [0.717, 1.165) is 0 Å². The fraction of sp³-hybridized carbons (Fsp3) is 0.211. The molecule has 0 atom stereocenters. The predicted octanol–water partition coefficient (Wildman–Crippen LogP) is 3.06. The Hall–Kier alpha value is -3.26. The summed E-state index contributed by atoms with van der Waals surface area (Å²) in [5.74, 6) is -0.0986. The Balaban J connectivity index is 2.00. The van der Waals surface area contributed by atoms with Crippen molar-refractivity contribution in [3.8, 4) is 23.1 Å². The van der Waals surface area contributed by atoms with E-state index in [0.29, 0.717) is 29.4 Å². The van der Waals surface area contributed by atoms with Crippen LogP contribution in [0, 0.1) is 5.82 Å². The first-order chi connectivity index (χ1) is 13.1. The van der Waals surface area contributed by atoms with Crippen LogP contribution in [0.1, 0.15) is 6.92 Å². The summed E-state index contributed by atoms with van der Waals surface area (Å²) in [4.78, 5) is 16.1. The fourth-order valence-corrected chi connectivity index (χ4v) is 2.49. The second-order valence-electron chi connectivity index (χ2n) is 5.60. The van der Waals surface area contributed by atoms with Gasteiger partial charge in [-0.15, -0.1) is 5.10 Å². The van der Waals surface area contributed by atoms with E-state index < -0.39 is 0 Å². The number of nitrogens with zero attached hydrogens (tertiary/aromatic N) is 3. The summed E-state index contributed by atoms with van der Waals surface area (Å²) in [6.07, 6.45) is 0. The fourth-order valence-electron chi connectivity index (χ4n) is 2.49. The molecule has 3 aromatic rings. The van der Waals surface area contributed by atoms with Crippen LogP contribution in [0.2, 0.25) is 0 Å². The number of carbonyl (C=O) groups is 1. The summed E-state index contributed by atoms with van der Waals surface area (Å²) < 4.78 is 25.1. The Morgan fingerprint density at radius 1 is 1.22 bits per heavy atom. The van der Waals surface area contributed by atoms with Crippen LogP contribution in [-0.2, 0) is 9.53 Å². The number of carbonyl (C=O) groups excluding carboxylic acids is 1. The van der Waals surface area contributed by atoms with E-state index in [1.54, 1.807) is 35.0 Å². The molecule has 3 rings (SSSR count).